The molecular weight excluding hydrogens is 296 g/mol. The van der Waals surface area contributed by atoms with Gasteiger partial charge in [0.25, 0.3) is 0 Å². The summed E-state index contributed by atoms with van der Waals surface area (Å²) in [5.74, 6) is 0. The largest absolute Gasteiger partial charge is 0.375 e. The molecule has 2 aliphatic heterocycles. The summed E-state index contributed by atoms with van der Waals surface area (Å²) in [5, 5.41) is 4.22. The maximum absolute atomic E-state index is 11.5. The van der Waals surface area contributed by atoms with Crippen LogP contribution < -0.4 is 4.72 Å². The molecule has 3 heterocycles. The van der Waals surface area contributed by atoms with Crippen molar-refractivity contribution in [1.29, 1.82) is 0 Å². The first-order chi connectivity index (χ1) is 9.53. The van der Waals surface area contributed by atoms with Crippen LogP contribution in [0.5, 0.6) is 0 Å². The van der Waals surface area contributed by atoms with Crippen molar-refractivity contribution in [1.82, 2.24) is 9.62 Å². The highest BCUT2D eigenvalue weighted by Gasteiger charge is 2.44. The van der Waals surface area contributed by atoms with Gasteiger partial charge in [-0.3, -0.25) is 4.90 Å². The highest BCUT2D eigenvalue weighted by atomic mass is 32.2. The molecular formula is C13H20N2O3S2. The number of ether oxygens (including phenoxy) is 1. The summed E-state index contributed by atoms with van der Waals surface area (Å²) in [6.07, 6.45) is 3.33. The molecule has 112 valence electrons. The fraction of sp³-hybridized carbons (Fsp3) is 0.692. The van der Waals surface area contributed by atoms with Gasteiger partial charge >= 0.3 is 0 Å². The van der Waals surface area contributed by atoms with Crippen LogP contribution in [0.1, 0.15) is 18.4 Å². The Bertz CT molecular complexity index is 544. The smallest absolute Gasteiger partial charge is 0.209 e. The van der Waals surface area contributed by atoms with E-state index in [2.05, 4.69) is 26.4 Å². The van der Waals surface area contributed by atoms with E-state index >= 15 is 0 Å². The van der Waals surface area contributed by atoms with Crippen LogP contribution in [0.2, 0.25) is 0 Å². The number of likely N-dealkylation sites (tertiary alicyclic amines) is 1. The van der Waals surface area contributed by atoms with E-state index in [1.807, 2.05) is 0 Å². The van der Waals surface area contributed by atoms with Crippen molar-refractivity contribution in [3.8, 4) is 0 Å². The van der Waals surface area contributed by atoms with E-state index < -0.39 is 10.0 Å². The summed E-state index contributed by atoms with van der Waals surface area (Å²) < 4.78 is 31.6. The quantitative estimate of drug-likeness (QED) is 0.901. The molecule has 0 spiro atoms. The first kappa shape index (κ1) is 14.5. The average Bonchev–Trinajstić information content (AvgIpc) is 2.98. The number of fused-ring (bicyclic) bond motifs is 1. The third kappa shape index (κ3) is 3.23. The second kappa shape index (κ2) is 5.73. The first-order valence-electron chi connectivity index (χ1n) is 6.87. The van der Waals surface area contributed by atoms with Gasteiger partial charge in [-0.25, -0.2) is 13.1 Å². The Morgan fingerprint density at radius 2 is 2.40 bits per heavy atom. The normalized spacial score (nSPS) is 31.4. The second-order valence-electron chi connectivity index (χ2n) is 5.60. The average molecular weight is 316 g/mol. The van der Waals surface area contributed by atoms with Gasteiger partial charge in [-0.1, -0.05) is 0 Å². The van der Waals surface area contributed by atoms with Crippen molar-refractivity contribution < 1.29 is 13.2 Å². The molecule has 0 aliphatic carbocycles. The first-order valence-corrected chi connectivity index (χ1v) is 9.70. The summed E-state index contributed by atoms with van der Waals surface area (Å²) in [7, 11) is -3.20. The molecule has 3 atom stereocenters. The number of hydrogen-bond donors (Lipinski definition) is 1. The lowest BCUT2D eigenvalue weighted by Gasteiger charge is -2.32. The van der Waals surface area contributed by atoms with Crippen LogP contribution in [0.25, 0.3) is 0 Å². The van der Waals surface area contributed by atoms with Gasteiger partial charge in [0.05, 0.1) is 18.4 Å². The van der Waals surface area contributed by atoms with Crippen molar-refractivity contribution in [3.63, 3.8) is 0 Å². The number of nitrogens with zero attached hydrogens (tertiary/aromatic N) is 1. The van der Waals surface area contributed by atoms with Gasteiger partial charge in [0.2, 0.25) is 10.0 Å². The fourth-order valence-electron chi connectivity index (χ4n) is 3.23. The molecule has 0 amide bonds. The molecule has 5 nitrogen and oxygen atoms in total. The second-order valence-corrected chi connectivity index (χ2v) is 8.16. The van der Waals surface area contributed by atoms with Gasteiger partial charge in [-0.15, -0.1) is 0 Å². The Morgan fingerprint density at radius 1 is 1.55 bits per heavy atom. The van der Waals surface area contributed by atoms with Crippen molar-refractivity contribution in [2.24, 2.45) is 0 Å². The molecule has 0 bridgehead atoms. The molecule has 3 rings (SSSR count). The summed E-state index contributed by atoms with van der Waals surface area (Å²) in [5.41, 5.74) is 1.29. The monoisotopic (exact) mass is 316 g/mol. The number of hydrogen-bond acceptors (Lipinski definition) is 5. The van der Waals surface area contributed by atoms with Crippen LogP contribution >= 0.6 is 11.3 Å². The topological polar surface area (TPSA) is 58.6 Å². The maximum atomic E-state index is 11.5. The van der Waals surface area contributed by atoms with Gasteiger partial charge in [-0.2, -0.15) is 11.3 Å². The summed E-state index contributed by atoms with van der Waals surface area (Å²) in [6, 6.07) is 2.32. The van der Waals surface area contributed by atoms with Crippen LogP contribution in [0, 0.1) is 0 Å². The molecule has 20 heavy (non-hydrogen) atoms. The van der Waals surface area contributed by atoms with E-state index in [0.29, 0.717) is 6.04 Å². The summed E-state index contributed by atoms with van der Waals surface area (Å²) >= 11 is 1.69. The Morgan fingerprint density at radius 3 is 3.10 bits per heavy atom. The molecule has 0 aromatic carbocycles. The van der Waals surface area contributed by atoms with Crippen LogP contribution in [-0.4, -0.2) is 50.9 Å². The third-order valence-electron chi connectivity index (χ3n) is 3.96. The van der Waals surface area contributed by atoms with Gasteiger partial charge in [0, 0.05) is 25.7 Å². The van der Waals surface area contributed by atoms with Crippen LogP contribution in [0.15, 0.2) is 16.8 Å². The fourth-order valence-corrected chi connectivity index (χ4v) is 4.65. The van der Waals surface area contributed by atoms with E-state index in [9.17, 15) is 8.42 Å². The number of sulfonamides is 1. The standard InChI is InChI=1S/C13H20N2O3S2/c1-20(16,17)14-11-8-15(7-10-4-6-19-9-10)12-3-2-5-18-13(11)12/h4,6,9,11-14H,2-3,5,7-8H2,1H3/t11-,12-,13-/m1/s1. The molecule has 1 aromatic heterocycles. The van der Waals surface area contributed by atoms with Crippen molar-refractivity contribution in [3.05, 3.63) is 22.4 Å². The van der Waals surface area contributed by atoms with Crippen LogP contribution in [0.3, 0.4) is 0 Å². The zero-order chi connectivity index (χ0) is 14.2. The predicted molar refractivity (Wildman–Crippen MR) is 79.3 cm³/mol. The summed E-state index contributed by atoms with van der Waals surface area (Å²) in [6.45, 7) is 2.32. The Balaban J connectivity index is 1.74. The predicted octanol–water partition coefficient (Wildman–Crippen LogP) is 1.03. The van der Waals surface area contributed by atoms with Crippen molar-refractivity contribution >= 4 is 21.4 Å². The minimum Gasteiger partial charge on any atom is -0.375 e. The molecule has 2 saturated heterocycles. The van der Waals surface area contributed by atoms with E-state index in [4.69, 9.17) is 4.74 Å². The lowest BCUT2D eigenvalue weighted by Crippen LogP contribution is -2.47. The molecule has 0 unspecified atom stereocenters. The highest BCUT2D eigenvalue weighted by Crippen LogP contribution is 2.30. The lowest BCUT2D eigenvalue weighted by molar-refractivity contribution is -0.0193. The molecule has 2 fully saturated rings. The minimum atomic E-state index is -3.20. The van der Waals surface area contributed by atoms with E-state index in [1.165, 1.54) is 11.8 Å². The summed E-state index contributed by atoms with van der Waals surface area (Å²) in [4.78, 5) is 2.36. The maximum Gasteiger partial charge on any atom is 0.209 e. The van der Waals surface area contributed by atoms with Crippen molar-refractivity contribution in [2.75, 3.05) is 19.4 Å². The van der Waals surface area contributed by atoms with Crippen molar-refractivity contribution in [2.45, 2.75) is 37.6 Å². The molecule has 0 saturated carbocycles. The number of rotatable bonds is 4. The van der Waals surface area contributed by atoms with Gasteiger partial charge < -0.3 is 4.74 Å². The van der Waals surface area contributed by atoms with Gasteiger partial charge in [-0.05, 0) is 35.2 Å². The lowest BCUT2D eigenvalue weighted by atomic mass is 10.0. The number of nitrogens with one attached hydrogen (secondary N) is 1. The van der Waals surface area contributed by atoms with Crippen LogP contribution in [-0.2, 0) is 21.3 Å². The highest BCUT2D eigenvalue weighted by molar-refractivity contribution is 7.88. The van der Waals surface area contributed by atoms with E-state index in [0.717, 1.165) is 32.5 Å². The SMILES string of the molecule is CS(=O)(=O)N[C@@H]1CN(Cc2ccsc2)[C@@H]2CCCO[C@@H]21. The molecule has 1 aromatic rings. The molecule has 1 N–H and O–H groups in total. The molecule has 7 heteroatoms. The van der Waals surface area contributed by atoms with Gasteiger partial charge in [0.15, 0.2) is 0 Å². The minimum absolute atomic E-state index is 0.0166. The third-order valence-corrected chi connectivity index (χ3v) is 5.42. The van der Waals surface area contributed by atoms with Crippen LogP contribution in [0.4, 0.5) is 0 Å². The Hall–Kier alpha value is -0.470. The van der Waals surface area contributed by atoms with E-state index in [1.54, 1.807) is 11.3 Å². The van der Waals surface area contributed by atoms with Gasteiger partial charge in [0.1, 0.15) is 0 Å². The molecule has 0 radical (unpaired) electrons. The number of thiophene rings is 1. The zero-order valence-electron chi connectivity index (χ0n) is 11.5. The van der Waals surface area contributed by atoms with E-state index in [-0.39, 0.29) is 12.1 Å². The zero-order valence-corrected chi connectivity index (χ0v) is 13.1. The molecule has 2 aliphatic rings. The Kier molecular flexibility index (Phi) is 4.14. The Labute approximate surface area is 124 Å².